The number of carbonyl (C=O) groups excluding carboxylic acids is 2. The Labute approximate surface area is 163 Å². The summed E-state index contributed by atoms with van der Waals surface area (Å²) >= 11 is 0. The second-order valence-corrected chi connectivity index (χ2v) is 5.86. The molecule has 9 nitrogen and oxygen atoms in total. The molecule has 0 unspecified atom stereocenters. The molecule has 0 saturated carbocycles. The number of esters is 1. The minimum Gasteiger partial charge on any atom is -0.493 e. The van der Waals surface area contributed by atoms with Gasteiger partial charge in [0.15, 0.2) is 11.5 Å². The van der Waals surface area contributed by atoms with E-state index in [1.54, 1.807) is 19.1 Å². The van der Waals surface area contributed by atoms with Gasteiger partial charge in [-0.05, 0) is 31.5 Å². The highest BCUT2D eigenvalue weighted by molar-refractivity contribution is 5.95. The first-order valence-corrected chi connectivity index (χ1v) is 8.79. The molecule has 2 N–H and O–H groups in total. The molecule has 1 atom stereocenters. The molecule has 0 fully saturated rings. The predicted octanol–water partition coefficient (Wildman–Crippen LogP) is 1.92. The fraction of sp³-hybridized carbons (Fsp3) is 0.474. The maximum absolute atomic E-state index is 12.7. The lowest BCUT2D eigenvalue weighted by atomic mass is 9.95. The van der Waals surface area contributed by atoms with Gasteiger partial charge in [-0.3, -0.25) is 0 Å². The van der Waals surface area contributed by atoms with E-state index in [1.165, 1.54) is 21.3 Å². The molecule has 154 valence electrons. The lowest BCUT2D eigenvalue weighted by Crippen LogP contribution is -2.45. The highest BCUT2D eigenvalue weighted by Crippen LogP contribution is 2.41. The van der Waals surface area contributed by atoms with Gasteiger partial charge in [0.1, 0.15) is 6.61 Å². The zero-order chi connectivity index (χ0) is 20.7. The van der Waals surface area contributed by atoms with Crippen molar-refractivity contribution in [3.8, 4) is 17.2 Å². The molecule has 0 bridgehead atoms. The number of amides is 2. The molecule has 1 aliphatic heterocycles. The fourth-order valence-electron chi connectivity index (χ4n) is 2.90. The Kier molecular flexibility index (Phi) is 7.51. The summed E-state index contributed by atoms with van der Waals surface area (Å²) in [5.41, 5.74) is 1.27. The van der Waals surface area contributed by atoms with Crippen molar-refractivity contribution in [2.24, 2.45) is 0 Å². The van der Waals surface area contributed by atoms with Crippen LogP contribution in [0.2, 0.25) is 0 Å². The van der Waals surface area contributed by atoms with Crippen LogP contribution in [0.4, 0.5) is 4.79 Å². The van der Waals surface area contributed by atoms with Gasteiger partial charge in [0.05, 0.1) is 39.6 Å². The van der Waals surface area contributed by atoms with Crippen LogP contribution in [-0.2, 0) is 14.3 Å². The molecule has 1 aliphatic rings. The van der Waals surface area contributed by atoms with Gasteiger partial charge < -0.3 is 34.3 Å². The number of urea groups is 1. The zero-order valence-electron chi connectivity index (χ0n) is 16.7. The highest BCUT2D eigenvalue weighted by Gasteiger charge is 2.33. The second kappa shape index (κ2) is 9.84. The van der Waals surface area contributed by atoms with Gasteiger partial charge in [0, 0.05) is 12.3 Å². The molecule has 1 heterocycles. The third-order valence-electron chi connectivity index (χ3n) is 4.17. The quantitative estimate of drug-likeness (QED) is 0.487. The van der Waals surface area contributed by atoms with Crippen molar-refractivity contribution >= 4 is 12.0 Å². The van der Waals surface area contributed by atoms with E-state index in [9.17, 15) is 9.59 Å². The van der Waals surface area contributed by atoms with Gasteiger partial charge in [0.2, 0.25) is 5.75 Å². The largest absolute Gasteiger partial charge is 0.493 e. The van der Waals surface area contributed by atoms with E-state index in [0.29, 0.717) is 41.7 Å². The van der Waals surface area contributed by atoms with E-state index >= 15 is 0 Å². The predicted molar refractivity (Wildman–Crippen MR) is 101 cm³/mol. The van der Waals surface area contributed by atoms with Gasteiger partial charge in [-0.15, -0.1) is 0 Å². The number of benzene rings is 1. The highest BCUT2D eigenvalue weighted by atomic mass is 16.6. The summed E-state index contributed by atoms with van der Waals surface area (Å²) in [6, 6.07) is 2.18. The molecule has 2 rings (SSSR count). The fourth-order valence-corrected chi connectivity index (χ4v) is 2.90. The standard InChI is InChI=1S/C19H26N2O7/c1-6-27-7-8-28-18(22)15-11(2)20-19(23)21-16(15)12-9-13(24-3)17(26-5)14(10-12)25-4/h9-10,16H,6-8H2,1-5H3,(H2,20,21,23)/t16-/m1/s1. The van der Waals surface area contributed by atoms with E-state index in [0.717, 1.165) is 0 Å². The van der Waals surface area contributed by atoms with Crippen LogP contribution in [0, 0.1) is 0 Å². The number of carbonyl (C=O) groups is 2. The van der Waals surface area contributed by atoms with Crippen LogP contribution in [0.5, 0.6) is 17.2 Å². The van der Waals surface area contributed by atoms with E-state index < -0.39 is 18.0 Å². The molecule has 0 radical (unpaired) electrons. The van der Waals surface area contributed by atoms with Crippen molar-refractivity contribution in [1.82, 2.24) is 10.6 Å². The Hall–Kier alpha value is -2.94. The number of hydrogen-bond donors (Lipinski definition) is 2. The summed E-state index contributed by atoms with van der Waals surface area (Å²) in [4.78, 5) is 24.7. The van der Waals surface area contributed by atoms with Crippen LogP contribution in [0.1, 0.15) is 25.5 Å². The molecular weight excluding hydrogens is 368 g/mol. The van der Waals surface area contributed by atoms with Crippen molar-refractivity contribution < 1.29 is 33.3 Å². The number of allylic oxidation sites excluding steroid dienone is 1. The molecular formula is C19H26N2O7. The molecule has 28 heavy (non-hydrogen) atoms. The monoisotopic (exact) mass is 394 g/mol. The first-order valence-electron chi connectivity index (χ1n) is 8.79. The summed E-state index contributed by atoms with van der Waals surface area (Å²) < 4.78 is 26.6. The lowest BCUT2D eigenvalue weighted by molar-refractivity contribution is -0.141. The first kappa shape index (κ1) is 21.4. The summed E-state index contributed by atoms with van der Waals surface area (Å²) in [7, 11) is 4.48. The molecule has 0 aliphatic carbocycles. The van der Waals surface area contributed by atoms with E-state index in [1.807, 2.05) is 6.92 Å². The van der Waals surface area contributed by atoms with Crippen LogP contribution in [0.25, 0.3) is 0 Å². The van der Waals surface area contributed by atoms with Crippen molar-refractivity contribution in [3.63, 3.8) is 0 Å². The molecule has 0 aromatic heterocycles. The van der Waals surface area contributed by atoms with Crippen molar-refractivity contribution in [2.45, 2.75) is 19.9 Å². The Bertz CT molecular complexity index is 736. The Morgan fingerprint density at radius 1 is 1.07 bits per heavy atom. The average Bonchev–Trinajstić information content (AvgIpc) is 2.69. The van der Waals surface area contributed by atoms with E-state index in [2.05, 4.69) is 10.6 Å². The Balaban J connectivity index is 2.41. The topological polar surface area (TPSA) is 104 Å². The third kappa shape index (κ3) is 4.66. The average molecular weight is 394 g/mol. The normalized spacial score (nSPS) is 16.2. The van der Waals surface area contributed by atoms with Gasteiger partial charge in [-0.2, -0.15) is 0 Å². The number of nitrogens with one attached hydrogen (secondary N) is 2. The van der Waals surface area contributed by atoms with Gasteiger partial charge in [-0.25, -0.2) is 9.59 Å². The van der Waals surface area contributed by atoms with E-state index in [-0.39, 0.29) is 12.2 Å². The van der Waals surface area contributed by atoms with E-state index in [4.69, 9.17) is 23.7 Å². The summed E-state index contributed by atoms with van der Waals surface area (Å²) in [5, 5.41) is 5.35. The Morgan fingerprint density at radius 2 is 1.71 bits per heavy atom. The maximum Gasteiger partial charge on any atom is 0.338 e. The van der Waals surface area contributed by atoms with Crippen LogP contribution in [0.15, 0.2) is 23.4 Å². The smallest absolute Gasteiger partial charge is 0.338 e. The van der Waals surface area contributed by atoms with Crippen LogP contribution in [0.3, 0.4) is 0 Å². The summed E-state index contributed by atoms with van der Waals surface area (Å²) in [6.07, 6.45) is 0. The second-order valence-electron chi connectivity index (χ2n) is 5.86. The summed E-state index contributed by atoms with van der Waals surface area (Å²) in [5.74, 6) is 0.678. The molecule has 9 heteroatoms. The van der Waals surface area contributed by atoms with Crippen molar-refractivity contribution in [1.29, 1.82) is 0 Å². The molecule has 1 aromatic rings. The summed E-state index contributed by atoms with van der Waals surface area (Å²) in [6.45, 7) is 4.44. The van der Waals surface area contributed by atoms with Gasteiger partial charge in [-0.1, -0.05) is 0 Å². The van der Waals surface area contributed by atoms with Gasteiger partial charge >= 0.3 is 12.0 Å². The number of rotatable bonds is 9. The number of hydrogen-bond acceptors (Lipinski definition) is 7. The van der Waals surface area contributed by atoms with Gasteiger partial charge in [0.25, 0.3) is 0 Å². The SMILES string of the molecule is CCOCCOC(=O)C1=C(C)NC(=O)N[C@@H]1c1cc(OC)c(OC)c(OC)c1. The molecule has 0 spiro atoms. The van der Waals surface area contributed by atoms with Crippen LogP contribution < -0.4 is 24.8 Å². The van der Waals surface area contributed by atoms with Crippen molar-refractivity contribution in [2.75, 3.05) is 41.2 Å². The number of ether oxygens (including phenoxy) is 5. The van der Waals surface area contributed by atoms with Crippen LogP contribution >= 0.6 is 0 Å². The maximum atomic E-state index is 12.7. The third-order valence-corrected chi connectivity index (χ3v) is 4.17. The van der Waals surface area contributed by atoms with Crippen LogP contribution in [-0.4, -0.2) is 53.2 Å². The number of methoxy groups -OCH3 is 3. The lowest BCUT2D eigenvalue weighted by Gasteiger charge is -2.29. The molecule has 2 amide bonds. The molecule has 0 saturated heterocycles. The first-order chi connectivity index (χ1) is 13.5. The minimum atomic E-state index is -0.748. The van der Waals surface area contributed by atoms with Crippen molar-refractivity contribution in [3.05, 3.63) is 29.0 Å². The Morgan fingerprint density at radius 3 is 2.25 bits per heavy atom. The zero-order valence-corrected chi connectivity index (χ0v) is 16.7. The minimum absolute atomic E-state index is 0.110. The molecule has 1 aromatic carbocycles.